The Balaban J connectivity index is 1.45. The minimum atomic E-state index is 0.163. The Labute approximate surface area is 206 Å². The van der Waals surface area contributed by atoms with E-state index in [1.54, 1.807) is 18.4 Å². The molecule has 0 spiro atoms. The van der Waals surface area contributed by atoms with Crippen molar-refractivity contribution in [3.05, 3.63) is 75.2 Å². The third-order valence-electron chi connectivity index (χ3n) is 6.19. The van der Waals surface area contributed by atoms with E-state index in [9.17, 15) is 4.79 Å². The Bertz CT molecular complexity index is 1080. The van der Waals surface area contributed by atoms with E-state index in [1.807, 2.05) is 17.5 Å². The number of methoxy groups -OCH3 is 1. The second-order valence-corrected chi connectivity index (χ2v) is 9.84. The molecule has 2 heterocycles. The standard InChI is InChI=1S/C28H34N2O3S/c1-3-4-5-6-7-26(31)25-20-34-28(29-25)19-30(17-21-9-12-24(32-2)13-10-21)18-22-8-11-23-14-15-33-27(23)16-22/h8-13,16,20H,3-7,14-15,17-19H2,1-2H3. The summed E-state index contributed by atoms with van der Waals surface area (Å²) in [6.45, 7) is 5.20. The number of aromatic nitrogens is 1. The van der Waals surface area contributed by atoms with Gasteiger partial charge in [0.1, 0.15) is 22.2 Å². The van der Waals surface area contributed by atoms with Crippen LogP contribution in [0.3, 0.4) is 0 Å². The van der Waals surface area contributed by atoms with Crippen molar-refractivity contribution in [2.24, 2.45) is 0 Å². The topological polar surface area (TPSA) is 51.7 Å². The molecule has 2 aromatic carbocycles. The lowest BCUT2D eigenvalue weighted by Crippen LogP contribution is -2.22. The van der Waals surface area contributed by atoms with Crippen molar-refractivity contribution < 1.29 is 14.3 Å². The van der Waals surface area contributed by atoms with E-state index in [1.165, 1.54) is 29.5 Å². The van der Waals surface area contributed by atoms with Crippen LogP contribution in [-0.4, -0.2) is 29.4 Å². The van der Waals surface area contributed by atoms with Crippen molar-refractivity contribution in [3.8, 4) is 11.5 Å². The van der Waals surface area contributed by atoms with Gasteiger partial charge in [-0.15, -0.1) is 11.3 Å². The van der Waals surface area contributed by atoms with Gasteiger partial charge in [-0.05, 0) is 41.3 Å². The quantitative estimate of drug-likeness (QED) is 0.209. The maximum atomic E-state index is 12.6. The highest BCUT2D eigenvalue weighted by atomic mass is 32.1. The van der Waals surface area contributed by atoms with Crippen molar-refractivity contribution in [3.63, 3.8) is 0 Å². The monoisotopic (exact) mass is 478 g/mol. The van der Waals surface area contributed by atoms with Gasteiger partial charge in [0.05, 0.1) is 20.3 Å². The van der Waals surface area contributed by atoms with Gasteiger partial charge in [0.2, 0.25) is 0 Å². The summed E-state index contributed by atoms with van der Waals surface area (Å²) in [4.78, 5) is 19.6. The van der Waals surface area contributed by atoms with Crippen LogP contribution in [0, 0.1) is 0 Å². The minimum Gasteiger partial charge on any atom is -0.497 e. The van der Waals surface area contributed by atoms with Gasteiger partial charge in [-0.2, -0.15) is 0 Å². The molecule has 34 heavy (non-hydrogen) atoms. The molecule has 0 aliphatic carbocycles. The van der Waals surface area contributed by atoms with Crippen molar-refractivity contribution in [1.29, 1.82) is 0 Å². The van der Waals surface area contributed by atoms with Gasteiger partial charge in [0, 0.05) is 31.3 Å². The molecule has 5 nitrogen and oxygen atoms in total. The van der Waals surface area contributed by atoms with Crippen LogP contribution in [0.15, 0.2) is 47.8 Å². The third kappa shape index (κ3) is 6.67. The fraction of sp³-hybridized carbons (Fsp3) is 0.429. The number of ether oxygens (including phenoxy) is 2. The molecule has 0 bridgehead atoms. The molecule has 0 unspecified atom stereocenters. The predicted octanol–water partition coefficient (Wildman–Crippen LogP) is 6.44. The number of carbonyl (C=O) groups is 1. The summed E-state index contributed by atoms with van der Waals surface area (Å²) in [7, 11) is 1.68. The molecule has 1 aliphatic heterocycles. The van der Waals surface area contributed by atoms with Crippen LogP contribution in [-0.2, 0) is 26.1 Å². The summed E-state index contributed by atoms with van der Waals surface area (Å²) in [5.41, 5.74) is 4.33. The van der Waals surface area contributed by atoms with Crippen LogP contribution < -0.4 is 9.47 Å². The molecule has 0 saturated carbocycles. The number of thiazole rings is 1. The van der Waals surface area contributed by atoms with Crippen LogP contribution >= 0.6 is 11.3 Å². The normalized spacial score (nSPS) is 12.6. The molecule has 180 valence electrons. The van der Waals surface area contributed by atoms with Gasteiger partial charge in [0.15, 0.2) is 5.78 Å². The average molecular weight is 479 g/mol. The van der Waals surface area contributed by atoms with Crippen LogP contribution in [0.25, 0.3) is 0 Å². The van der Waals surface area contributed by atoms with Crippen LogP contribution in [0.1, 0.15) is 71.2 Å². The molecule has 6 heteroatoms. The lowest BCUT2D eigenvalue weighted by atomic mass is 10.1. The van der Waals surface area contributed by atoms with Gasteiger partial charge in [-0.25, -0.2) is 4.98 Å². The molecular formula is C28H34N2O3S. The number of unbranched alkanes of at least 4 members (excludes halogenated alkanes) is 3. The second kappa shape index (κ2) is 12.1. The molecule has 0 atom stereocenters. The highest BCUT2D eigenvalue weighted by Gasteiger charge is 2.17. The summed E-state index contributed by atoms with van der Waals surface area (Å²) >= 11 is 1.58. The van der Waals surface area contributed by atoms with Gasteiger partial charge >= 0.3 is 0 Å². The molecule has 0 radical (unpaired) electrons. The summed E-state index contributed by atoms with van der Waals surface area (Å²) in [5.74, 6) is 2.02. The summed E-state index contributed by atoms with van der Waals surface area (Å²) < 4.78 is 11.1. The first-order valence-electron chi connectivity index (χ1n) is 12.2. The van der Waals surface area contributed by atoms with E-state index in [0.717, 1.165) is 55.5 Å². The van der Waals surface area contributed by atoms with Gasteiger partial charge in [-0.1, -0.05) is 50.5 Å². The number of Topliss-reactive ketones (excluding diaryl/α,β-unsaturated/α-hetero) is 1. The molecule has 0 fully saturated rings. The van der Waals surface area contributed by atoms with Crippen molar-refractivity contribution in [1.82, 2.24) is 9.88 Å². The minimum absolute atomic E-state index is 0.163. The van der Waals surface area contributed by atoms with Gasteiger partial charge < -0.3 is 9.47 Å². The number of rotatable bonds is 13. The first-order valence-corrected chi connectivity index (χ1v) is 13.1. The number of hydrogen-bond acceptors (Lipinski definition) is 6. The van der Waals surface area contributed by atoms with E-state index in [2.05, 4.69) is 42.2 Å². The number of hydrogen-bond donors (Lipinski definition) is 0. The zero-order valence-electron chi connectivity index (χ0n) is 20.2. The number of carbonyl (C=O) groups excluding carboxylic acids is 1. The maximum Gasteiger partial charge on any atom is 0.182 e. The Kier molecular flexibility index (Phi) is 8.72. The van der Waals surface area contributed by atoms with Gasteiger partial charge in [-0.3, -0.25) is 9.69 Å². The summed E-state index contributed by atoms with van der Waals surface area (Å²) in [6.07, 6.45) is 6.00. The van der Waals surface area contributed by atoms with Crippen LogP contribution in [0.5, 0.6) is 11.5 Å². The maximum absolute atomic E-state index is 12.6. The van der Waals surface area contributed by atoms with Crippen molar-refractivity contribution in [2.75, 3.05) is 13.7 Å². The van der Waals surface area contributed by atoms with E-state index >= 15 is 0 Å². The first kappa shape index (κ1) is 24.4. The molecule has 0 amide bonds. The first-order chi connectivity index (χ1) is 16.6. The molecule has 1 aromatic heterocycles. The van der Waals surface area contributed by atoms with Crippen molar-refractivity contribution in [2.45, 2.75) is 65.1 Å². The summed E-state index contributed by atoms with van der Waals surface area (Å²) in [5, 5.41) is 2.90. The molecule has 0 N–H and O–H groups in total. The SMILES string of the molecule is CCCCCCC(=O)c1csc(CN(Cc2ccc(OC)cc2)Cc2ccc3c(c2)OCC3)n1. The smallest absolute Gasteiger partial charge is 0.182 e. The van der Waals surface area contributed by atoms with Crippen molar-refractivity contribution >= 4 is 17.1 Å². The highest BCUT2D eigenvalue weighted by Crippen LogP contribution is 2.27. The van der Waals surface area contributed by atoms with Crippen LogP contribution in [0.4, 0.5) is 0 Å². The fourth-order valence-electron chi connectivity index (χ4n) is 4.27. The van der Waals surface area contributed by atoms with E-state index < -0.39 is 0 Å². The summed E-state index contributed by atoms with van der Waals surface area (Å²) in [6, 6.07) is 14.7. The Morgan fingerprint density at radius 1 is 1.06 bits per heavy atom. The average Bonchev–Trinajstić information content (AvgIpc) is 3.51. The molecule has 4 rings (SSSR count). The number of fused-ring (bicyclic) bond motifs is 1. The fourth-order valence-corrected chi connectivity index (χ4v) is 5.11. The number of benzene rings is 2. The zero-order valence-corrected chi connectivity index (χ0v) is 21.0. The highest BCUT2D eigenvalue weighted by molar-refractivity contribution is 7.09. The van der Waals surface area contributed by atoms with Crippen LogP contribution in [0.2, 0.25) is 0 Å². The zero-order chi connectivity index (χ0) is 23.8. The molecule has 3 aromatic rings. The second-order valence-electron chi connectivity index (χ2n) is 8.89. The lowest BCUT2D eigenvalue weighted by Gasteiger charge is -2.22. The molecule has 1 aliphatic rings. The van der Waals surface area contributed by atoms with E-state index in [-0.39, 0.29) is 5.78 Å². The lowest BCUT2D eigenvalue weighted by molar-refractivity contribution is 0.0974. The van der Waals surface area contributed by atoms with Gasteiger partial charge in [0.25, 0.3) is 0 Å². The predicted molar refractivity (Wildman–Crippen MR) is 137 cm³/mol. The number of ketones is 1. The van der Waals surface area contributed by atoms with E-state index in [0.29, 0.717) is 18.7 Å². The Morgan fingerprint density at radius 2 is 1.85 bits per heavy atom. The van der Waals surface area contributed by atoms with E-state index in [4.69, 9.17) is 14.5 Å². The molecule has 0 saturated heterocycles. The Morgan fingerprint density at radius 3 is 2.65 bits per heavy atom. The third-order valence-corrected chi connectivity index (χ3v) is 7.02. The largest absolute Gasteiger partial charge is 0.497 e. The number of nitrogens with zero attached hydrogens (tertiary/aromatic N) is 2. The molecular weight excluding hydrogens is 444 g/mol. The Hall–Kier alpha value is -2.70.